The zero-order chi connectivity index (χ0) is 22.6. The molecule has 8 nitrogen and oxygen atoms in total. The Hall–Kier alpha value is -1.88. The maximum absolute atomic E-state index is 13.2. The van der Waals surface area contributed by atoms with Gasteiger partial charge in [-0.1, -0.05) is 34.5 Å². The van der Waals surface area contributed by atoms with Crippen LogP contribution >= 0.6 is 23.2 Å². The van der Waals surface area contributed by atoms with Crippen molar-refractivity contribution in [2.24, 2.45) is 5.92 Å². The maximum Gasteiger partial charge on any atom is 0.279 e. The van der Waals surface area contributed by atoms with Gasteiger partial charge in [-0.25, -0.2) is 13.3 Å². The smallest absolute Gasteiger partial charge is 0.279 e. The highest BCUT2D eigenvalue weighted by Gasteiger charge is 2.43. The average Bonchev–Trinajstić information content (AvgIpc) is 2.77. The van der Waals surface area contributed by atoms with E-state index in [0.717, 1.165) is 12.7 Å². The summed E-state index contributed by atoms with van der Waals surface area (Å²) in [5, 5.41) is 9.49. The number of hydrogen-bond donors (Lipinski definition) is 1. The number of rotatable bonds is 7. The van der Waals surface area contributed by atoms with E-state index in [-0.39, 0.29) is 36.4 Å². The second kappa shape index (κ2) is 10.2. The lowest BCUT2D eigenvalue weighted by molar-refractivity contribution is -0.305. The number of hydrogen-bond acceptors (Lipinski definition) is 7. The Balaban J connectivity index is 1.74. The molecule has 31 heavy (non-hydrogen) atoms. The molecule has 1 heterocycles. The number of nitrogens with zero attached hydrogens (tertiary/aromatic N) is 1. The van der Waals surface area contributed by atoms with Crippen LogP contribution in [0.15, 0.2) is 47.4 Å². The van der Waals surface area contributed by atoms with Crippen LogP contribution in [0.4, 0.5) is 0 Å². The first-order valence-electron chi connectivity index (χ1n) is 9.29. The van der Waals surface area contributed by atoms with E-state index in [2.05, 4.69) is 4.84 Å². The summed E-state index contributed by atoms with van der Waals surface area (Å²) < 4.78 is 37.3. The first-order chi connectivity index (χ1) is 14.7. The number of sulfone groups is 1. The molecular weight excluding hydrogens is 469 g/mol. The Labute approximate surface area is 190 Å². The van der Waals surface area contributed by atoms with Gasteiger partial charge in [0.2, 0.25) is 0 Å². The molecule has 1 aliphatic heterocycles. The topological polar surface area (TPSA) is 102 Å². The Morgan fingerprint density at radius 1 is 1.23 bits per heavy atom. The van der Waals surface area contributed by atoms with Gasteiger partial charge in [-0.2, -0.15) is 0 Å². The highest BCUT2D eigenvalue weighted by Crippen LogP contribution is 2.30. The number of ether oxygens (including phenoxy) is 2. The van der Waals surface area contributed by atoms with Crippen molar-refractivity contribution in [2.75, 3.05) is 20.3 Å². The molecule has 0 aliphatic carbocycles. The van der Waals surface area contributed by atoms with Crippen LogP contribution < -0.4 is 4.74 Å². The average molecular weight is 490 g/mol. The molecule has 2 aromatic rings. The second-order valence-corrected chi connectivity index (χ2v) is 9.85. The lowest BCUT2D eigenvalue weighted by Gasteiger charge is -2.31. The fraction of sp³-hybridized carbons (Fsp3) is 0.350. The first-order valence-corrected chi connectivity index (χ1v) is 11.6. The predicted octanol–water partition coefficient (Wildman–Crippen LogP) is 3.53. The van der Waals surface area contributed by atoms with E-state index >= 15 is 0 Å². The quantitative estimate of drug-likeness (QED) is 0.468. The molecule has 1 aliphatic rings. The Morgan fingerprint density at radius 2 is 1.94 bits per heavy atom. The summed E-state index contributed by atoms with van der Waals surface area (Å²) >= 11 is 12.0. The monoisotopic (exact) mass is 489 g/mol. The first kappa shape index (κ1) is 23.8. The third-order valence-corrected chi connectivity index (χ3v) is 7.81. The van der Waals surface area contributed by atoms with Crippen molar-refractivity contribution >= 4 is 38.9 Å². The Kier molecular flexibility index (Phi) is 7.79. The summed E-state index contributed by atoms with van der Waals surface area (Å²) in [5.74, 6) is -1.52. The highest BCUT2D eigenvalue weighted by atomic mass is 35.5. The minimum Gasteiger partial charge on any atom is -0.489 e. The van der Waals surface area contributed by atoms with Crippen molar-refractivity contribution in [1.82, 2.24) is 5.23 Å². The van der Waals surface area contributed by atoms with Crippen LogP contribution in [0.25, 0.3) is 0 Å². The van der Waals surface area contributed by atoms with Crippen molar-refractivity contribution < 1.29 is 32.7 Å². The molecule has 168 valence electrons. The Morgan fingerprint density at radius 3 is 2.58 bits per heavy atom. The van der Waals surface area contributed by atoms with Crippen LogP contribution in [0, 0.1) is 5.92 Å². The van der Waals surface area contributed by atoms with E-state index in [4.69, 9.17) is 32.7 Å². The van der Waals surface area contributed by atoms with Gasteiger partial charge in [-0.05, 0) is 42.8 Å². The molecule has 0 saturated carbocycles. The van der Waals surface area contributed by atoms with E-state index in [1.54, 1.807) is 18.2 Å². The molecule has 0 bridgehead atoms. The molecule has 1 N–H and O–H groups in total. The van der Waals surface area contributed by atoms with E-state index in [1.165, 1.54) is 24.3 Å². The molecule has 1 amide bonds. The van der Waals surface area contributed by atoms with Gasteiger partial charge in [0.05, 0.1) is 29.8 Å². The van der Waals surface area contributed by atoms with E-state index in [0.29, 0.717) is 15.8 Å². The molecule has 1 saturated heterocycles. The minimum absolute atomic E-state index is 0.0285. The van der Waals surface area contributed by atoms with E-state index < -0.39 is 26.9 Å². The molecule has 11 heteroatoms. The molecule has 2 unspecified atom stereocenters. The summed E-state index contributed by atoms with van der Waals surface area (Å²) in [6, 6.07) is 10.9. The number of benzene rings is 2. The number of amides is 1. The van der Waals surface area contributed by atoms with Gasteiger partial charge in [0, 0.05) is 22.2 Å². The van der Waals surface area contributed by atoms with Crippen LogP contribution in [0.1, 0.15) is 12.0 Å². The molecule has 0 spiro atoms. The van der Waals surface area contributed by atoms with E-state index in [9.17, 15) is 18.4 Å². The molecular formula is C20H21Cl2NO7S. The minimum atomic E-state index is -3.88. The van der Waals surface area contributed by atoms with Crippen molar-refractivity contribution in [2.45, 2.75) is 23.2 Å². The SMILES string of the molecule is CON(O)C(=O)C1COCCC1S(=O)(=O)c1ccc(OCc2ccc(Cl)cc2Cl)cc1. The normalized spacial score (nSPS) is 19.1. The third-order valence-electron chi connectivity index (χ3n) is 4.93. The van der Waals surface area contributed by atoms with E-state index in [1.807, 2.05) is 0 Å². The van der Waals surface area contributed by atoms with Crippen LogP contribution in [0.5, 0.6) is 5.75 Å². The maximum atomic E-state index is 13.2. The fourth-order valence-electron chi connectivity index (χ4n) is 3.25. The van der Waals surface area contributed by atoms with Gasteiger partial charge >= 0.3 is 0 Å². The summed E-state index contributed by atoms with van der Waals surface area (Å²) in [6.45, 7) is 0.239. The third kappa shape index (κ3) is 5.49. The van der Waals surface area contributed by atoms with Gasteiger partial charge in [-0.3, -0.25) is 10.0 Å². The highest BCUT2D eigenvalue weighted by molar-refractivity contribution is 7.92. The lowest BCUT2D eigenvalue weighted by atomic mass is 10.0. The van der Waals surface area contributed by atoms with Crippen molar-refractivity contribution in [1.29, 1.82) is 0 Å². The molecule has 3 rings (SSSR count). The summed E-state index contributed by atoms with van der Waals surface area (Å²) in [5.41, 5.74) is 0.734. The Bertz CT molecular complexity index is 1030. The summed E-state index contributed by atoms with van der Waals surface area (Å²) in [4.78, 5) is 16.8. The molecule has 0 radical (unpaired) electrons. The fourth-order valence-corrected chi connectivity index (χ4v) is 5.61. The zero-order valence-corrected chi connectivity index (χ0v) is 18.9. The number of hydroxylamine groups is 2. The number of carbonyl (C=O) groups excluding carboxylic acids is 1. The molecule has 2 aromatic carbocycles. The van der Waals surface area contributed by atoms with Crippen molar-refractivity contribution in [3.05, 3.63) is 58.1 Å². The zero-order valence-electron chi connectivity index (χ0n) is 16.5. The van der Waals surface area contributed by atoms with Crippen LogP contribution in [-0.2, 0) is 30.8 Å². The molecule has 0 aromatic heterocycles. The van der Waals surface area contributed by atoms with Gasteiger partial charge in [0.1, 0.15) is 12.4 Å². The van der Waals surface area contributed by atoms with Crippen LogP contribution in [-0.4, -0.2) is 50.3 Å². The van der Waals surface area contributed by atoms with Gasteiger partial charge in [0.15, 0.2) is 9.84 Å². The second-order valence-electron chi connectivity index (χ2n) is 6.84. The van der Waals surface area contributed by atoms with Crippen molar-refractivity contribution in [3.63, 3.8) is 0 Å². The largest absolute Gasteiger partial charge is 0.489 e. The number of carbonyl (C=O) groups is 1. The van der Waals surface area contributed by atoms with Gasteiger partial charge < -0.3 is 9.47 Å². The summed E-state index contributed by atoms with van der Waals surface area (Å²) in [6.07, 6.45) is 0.115. The van der Waals surface area contributed by atoms with Gasteiger partial charge in [0.25, 0.3) is 5.91 Å². The van der Waals surface area contributed by atoms with Gasteiger partial charge in [-0.15, -0.1) is 0 Å². The number of halogens is 2. The molecule has 2 atom stereocenters. The lowest BCUT2D eigenvalue weighted by Crippen LogP contribution is -2.47. The van der Waals surface area contributed by atoms with Crippen LogP contribution in [0.3, 0.4) is 0 Å². The standard InChI is InChI=1S/C20H21Cl2NO7S/c1-28-23(25)20(24)17-12-29-9-8-19(17)31(26,27)16-6-4-15(5-7-16)30-11-13-2-3-14(21)10-18(13)22/h2-7,10,17,19,25H,8-9,11-12H2,1H3. The predicted molar refractivity (Wildman–Crippen MR) is 113 cm³/mol. The van der Waals surface area contributed by atoms with Crippen molar-refractivity contribution in [3.8, 4) is 5.75 Å². The van der Waals surface area contributed by atoms with Crippen LogP contribution in [0.2, 0.25) is 10.0 Å². The summed E-state index contributed by atoms with van der Waals surface area (Å²) in [7, 11) is -2.78. The molecule has 1 fully saturated rings.